The third kappa shape index (κ3) is 3.90. The number of rotatable bonds is 5. The van der Waals surface area contributed by atoms with Crippen LogP contribution in [0.1, 0.15) is 47.5 Å². The Morgan fingerprint density at radius 3 is 2.73 bits per heavy atom. The number of aliphatic hydroxyl groups is 1. The van der Waals surface area contributed by atoms with Gasteiger partial charge in [-0.2, -0.15) is 0 Å². The van der Waals surface area contributed by atoms with E-state index in [4.69, 9.17) is 16.1 Å². The molecular weight excluding hydrogens is 408 g/mol. The number of carbonyl (C=O) groups is 1. The SMILES string of the molecule is Cc1noc(C)c1NC(=O)N1CCC[C@@H]1c1nnc(CO)n1Cc1ccc(Cl)cc1. The average molecular weight is 431 g/mol. The molecule has 9 nitrogen and oxygen atoms in total. The van der Waals surface area contributed by atoms with E-state index in [0.717, 1.165) is 18.4 Å². The molecule has 0 aliphatic carbocycles. The Morgan fingerprint density at radius 2 is 2.07 bits per heavy atom. The summed E-state index contributed by atoms with van der Waals surface area (Å²) in [5, 5.41) is 25.7. The lowest BCUT2D eigenvalue weighted by molar-refractivity contribution is 0.203. The van der Waals surface area contributed by atoms with Crippen molar-refractivity contribution in [1.29, 1.82) is 0 Å². The smallest absolute Gasteiger partial charge is 0.322 e. The lowest BCUT2D eigenvalue weighted by Crippen LogP contribution is -2.36. The van der Waals surface area contributed by atoms with Crippen LogP contribution in [-0.4, -0.2) is 42.5 Å². The summed E-state index contributed by atoms with van der Waals surface area (Å²) in [6.45, 7) is 4.38. The summed E-state index contributed by atoms with van der Waals surface area (Å²) >= 11 is 5.99. The summed E-state index contributed by atoms with van der Waals surface area (Å²) in [6.07, 6.45) is 1.61. The van der Waals surface area contributed by atoms with E-state index < -0.39 is 0 Å². The Hall–Kier alpha value is -2.91. The molecule has 0 unspecified atom stereocenters. The molecule has 0 radical (unpaired) electrons. The highest BCUT2D eigenvalue weighted by Crippen LogP contribution is 2.33. The van der Waals surface area contributed by atoms with Crippen LogP contribution in [0.2, 0.25) is 5.02 Å². The molecule has 30 heavy (non-hydrogen) atoms. The fourth-order valence-corrected chi connectivity index (χ4v) is 3.90. The van der Waals surface area contributed by atoms with Gasteiger partial charge in [0.25, 0.3) is 0 Å². The fraction of sp³-hybridized carbons (Fsp3) is 0.400. The second-order valence-electron chi connectivity index (χ2n) is 7.33. The zero-order valence-corrected chi connectivity index (χ0v) is 17.6. The van der Waals surface area contributed by atoms with E-state index in [0.29, 0.717) is 46.9 Å². The van der Waals surface area contributed by atoms with Gasteiger partial charge in [0, 0.05) is 11.6 Å². The number of aromatic nitrogens is 4. The van der Waals surface area contributed by atoms with Crippen molar-refractivity contribution in [2.45, 2.75) is 45.9 Å². The standard InChI is InChI=1S/C20H23ClN6O3/c1-12-18(13(2)30-25-12)22-20(29)26-9-3-4-16(26)19-24-23-17(11-28)27(19)10-14-5-7-15(21)8-6-14/h5-8,16,28H,3-4,9-11H2,1-2H3,(H,22,29)/t16-/m1/s1. The van der Waals surface area contributed by atoms with Crippen LogP contribution in [0.25, 0.3) is 0 Å². The number of halogens is 1. The highest BCUT2D eigenvalue weighted by atomic mass is 35.5. The van der Waals surface area contributed by atoms with Crippen LogP contribution in [0, 0.1) is 13.8 Å². The summed E-state index contributed by atoms with van der Waals surface area (Å²) < 4.78 is 7.01. The minimum atomic E-state index is -0.245. The van der Waals surface area contributed by atoms with Gasteiger partial charge in [0.1, 0.15) is 18.0 Å². The number of anilines is 1. The number of likely N-dealkylation sites (tertiary alicyclic amines) is 1. The average Bonchev–Trinajstić information content (AvgIpc) is 3.44. The Balaban J connectivity index is 1.60. The maximum absolute atomic E-state index is 13.0. The second-order valence-corrected chi connectivity index (χ2v) is 7.76. The number of carbonyl (C=O) groups excluding carboxylic acids is 1. The summed E-state index contributed by atoms with van der Waals surface area (Å²) in [7, 11) is 0. The molecule has 0 saturated carbocycles. The minimum Gasteiger partial charge on any atom is -0.388 e. The van der Waals surface area contributed by atoms with Crippen LogP contribution in [-0.2, 0) is 13.2 Å². The van der Waals surface area contributed by atoms with E-state index in [1.54, 1.807) is 18.7 Å². The Labute approximate surface area is 178 Å². The van der Waals surface area contributed by atoms with Crippen molar-refractivity contribution in [1.82, 2.24) is 24.8 Å². The number of amides is 2. The third-order valence-electron chi connectivity index (χ3n) is 5.33. The number of hydrogen-bond donors (Lipinski definition) is 2. The quantitative estimate of drug-likeness (QED) is 0.641. The molecule has 2 N–H and O–H groups in total. The molecule has 1 aliphatic heterocycles. The molecule has 3 aromatic rings. The predicted molar refractivity (Wildman–Crippen MR) is 110 cm³/mol. The van der Waals surface area contributed by atoms with Crippen molar-refractivity contribution >= 4 is 23.3 Å². The highest BCUT2D eigenvalue weighted by Gasteiger charge is 2.35. The zero-order chi connectivity index (χ0) is 21.3. The van der Waals surface area contributed by atoms with Gasteiger partial charge in [-0.3, -0.25) is 0 Å². The molecule has 4 rings (SSSR count). The van der Waals surface area contributed by atoms with Crippen LogP contribution < -0.4 is 5.32 Å². The molecule has 158 valence electrons. The largest absolute Gasteiger partial charge is 0.388 e. The molecule has 1 aromatic carbocycles. The fourth-order valence-electron chi connectivity index (χ4n) is 3.78. The monoisotopic (exact) mass is 430 g/mol. The van der Waals surface area contributed by atoms with Gasteiger partial charge in [0.2, 0.25) is 0 Å². The van der Waals surface area contributed by atoms with Crippen LogP contribution in [0.4, 0.5) is 10.5 Å². The lowest BCUT2D eigenvalue weighted by Gasteiger charge is -2.25. The van der Waals surface area contributed by atoms with Crippen LogP contribution in [0.5, 0.6) is 0 Å². The van der Waals surface area contributed by atoms with Gasteiger partial charge in [-0.1, -0.05) is 28.9 Å². The van der Waals surface area contributed by atoms with Gasteiger partial charge in [-0.05, 0) is 44.4 Å². The third-order valence-corrected chi connectivity index (χ3v) is 5.58. The zero-order valence-electron chi connectivity index (χ0n) is 16.8. The maximum atomic E-state index is 13.0. The van der Waals surface area contributed by atoms with Gasteiger partial charge >= 0.3 is 6.03 Å². The van der Waals surface area contributed by atoms with Crippen LogP contribution in [0.3, 0.4) is 0 Å². The minimum absolute atomic E-state index is 0.238. The maximum Gasteiger partial charge on any atom is 0.322 e. The molecule has 0 bridgehead atoms. The van der Waals surface area contributed by atoms with E-state index in [9.17, 15) is 9.90 Å². The van der Waals surface area contributed by atoms with Gasteiger partial charge in [0.15, 0.2) is 17.4 Å². The lowest BCUT2D eigenvalue weighted by atomic mass is 10.2. The Bertz CT molecular complexity index is 1030. The predicted octanol–water partition coefficient (Wildman–Crippen LogP) is 3.45. The van der Waals surface area contributed by atoms with Gasteiger partial charge in [0.05, 0.1) is 12.6 Å². The van der Waals surface area contributed by atoms with Crippen molar-refractivity contribution in [3.05, 3.63) is 58.0 Å². The number of hydrogen-bond acceptors (Lipinski definition) is 6. The highest BCUT2D eigenvalue weighted by molar-refractivity contribution is 6.30. The van der Waals surface area contributed by atoms with E-state index in [1.807, 2.05) is 28.8 Å². The molecule has 3 heterocycles. The number of nitrogens with zero attached hydrogens (tertiary/aromatic N) is 5. The molecule has 2 amide bonds. The van der Waals surface area contributed by atoms with Crippen molar-refractivity contribution in [2.75, 3.05) is 11.9 Å². The number of nitrogens with one attached hydrogen (secondary N) is 1. The van der Waals surface area contributed by atoms with Crippen LogP contribution in [0.15, 0.2) is 28.8 Å². The van der Waals surface area contributed by atoms with E-state index >= 15 is 0 Å². The van der Waals surface area contributed by atoms with Crippen LogP contribution >= 0.6 is 11.6 Å². The number of aryl methyl sites for hydroxylation is 2. The number of aliphatic hydroxyl groups excluding tert-OH is 1. The molecule has 1 saturated heterocycles. The number of urea groups is 1. The summed E-state index contributed by atoms with van der Waals surface area (Å²) in [4.78, 5) is 14.8. The van der Waals surface area contributed by atoms with E-state index in [2.05, 4.69) is 20.7 Å². The molecule has 1 atom stereocenters. The molecule has 10 heteroatoms. The van der Waals surface area contributed by atoms with Gasteiger partial charge in [-0.15, -0.1) is 10.2 Å². The summed E-state index contributed by atoms with van der Waals surface area (Å²) in [5.41, 5.74) is 2.22. The first-order valence-electron chi connectivity index (χ1n) is 9.75. The molecular formula is C20H23ClN6O3. The Kier molecular flexibility index (Phi) is 5.74. The van der Waals surface area contributed by atoms with Gasteiger partial charge < -0.3 is 24.4 Å². The van der Waals surface area contributed by atoms with E-state index in [-0.39, 0.29) is 18.7 Å². The van der Waals surface area contributed by atoms with Crippen molar-refractivity contribution in [3.63, 3.8) is 0 Å². The van der Waals surface area contributed by atoms with E-state index in [1.165, 1.54) is 0 Å². The molecule has 1 fully saturated rings. The van der Waals surface area contributed by atoms with Crippen molar-refractivity contribution < 1.29 is 14.4 Å². The molecule has 1 aliphatic rings. The van der Waals surface area contributed by atoms with Crippen molar-refractivity contribution in [3.8, 4) is 0 Å². The van der Waals surface area contributed by atoms with Crippen molar-refractivity contribution in [2.24, 2.45) is 0 Å². The first kappa shape index (κ1) is 20.4. The Morgan fingerprint density at radius 1 is 1.30 bits per heavy atom. The van der Waals surface area contributed by atoms with Gasteiger partial charge in [-0.25, -0.2) is 4.79 Å². The second kappa shape index (κ2) is 8.45. The topological polar surface area (TPSA) is 109 Å². The molecule has 0 spiro atoms. The number of benzene rings is 1. The normalized spacial score (nSPS) is 16.3. The summed E-state index contributed by atoms with van der Waals surface area (Å²) in [5.74, 6) is 1.67. The summed E-state index contributed by atoms with van der Waals surface area (Å²) in [6, 6.07) is 6.99. The molecule has 2 aromatic heterocycles. The first-order chi connectivity index (χ1) is 14.5. The first-order valence-corrected chi connectivity index (χ1v) is 10.1.